The molecule has 0 radical (unpaired) electrons. The Morgan fingerprint density at radius 3 is 3.00 bits per heavy atom. The van der Waals surface area contributed by atoms with E-state index in [2.05, 4.69) is 26.2 Å². The number of imidazole rings is 1. The van der Waals surface area contributed by atoms with Crippen LogP contribution in [0.4, 0.5) is 10.1 Å². The molecule has 0 aliphatic heterocycles. The van der Waals surface area contributed by atoms with Crippen molar-refractivity contribution in [1.29, 1.82) is 0 Å². The monoisotopic (exact) mass is 297 g/mol. The van der Waals surface area contributed by atoms with Gasteiger partial charge in [-0.25, -0.2) is 9.37 Å². The minimum absolute atomic E-state index is 0.234. The second-order valence-corrected chi connectivity index (χ2v) is 4.62. The van der Waals surface area contributed by atoms with Crippen LogP contribution in [0, 0.1) is 5.82 Å². The average Bonchev–Trinajstić information content (AvgIpc) is 2.79. The number of benzene rings is 1. The lowest BCUT2D eigenvalue weighted by Gasteiger charge is -2.08. The third-order valence-electron chi connectivity index (χ3n) is 2.40. The summed E-state index contributed by atoms with van der Waals surface area (Å²) in [5.41, 5.74) is 0.541. The smallest absolute Gasteiger partial charge is 0.147 e. The molecule has 0 saturated heterocycles. The van der Waals surface area contributed by atoms with E-state index in [0.717, 1.165) is 24.0 Å². The number of anilines is 1. The van der Waals surface area contributed by atoms with Gasteiger partial charge in [-0.3, -0.25) is 0 Å². The highest BCUT2D eigenvalue weighted by atomic mass is 79.9. The van der Waals surface area contributed by atoms with Crippen molar-refractivity contribution in [2.24, 2.45) is 0 Å². The quantitative estimate of drug-likeness (QED) is 0.858. The first kappa shape index (κ1) is 12.1. The van der Waals surface area contributed by atoms with Gasteiger partial charge < -0.3 is 9.88 Å². The van der Waals surface area contributed by atoms with E-state index >= 15 is 0 Å². The lowest BCUT2D eigenvalue weighted by Crippen LogP contribution is -2.06. The summed E-state index contributed by atoms with van der Waals surface area (Å²) < 4.78 is 16.2. The molecule has 3 nitrogen and oxygen atoms in total. The maximum absolute atomic E-state index is 13.4. The molecule has 0 amide bonds. The van der Waals surface area contributed by atoms with Gasteiger partial charge >= 0.3 is 0 Å². The van der Waals surface area contributed by atoms with Gasteiger partial charge in [0.2, 0.25) is 0 Å². The molecular weight excluding hydrogens is 285 g/mol. The number of rotatable bonds is 5. The predicted octanol–water partition coefficient (Wildman–Crippen LogP) is 3.29. The third kappa shape index (κ3) is 3.56. The minimum atomic E-state index is -0.234. The molecule has 0 aliphatic rings. The van der Waals surface area contributed by atoms with Gasteiger partial charge in [-0.1, -0.05) is 15.9 Å². The van der Waals surface area contributed by atoms with Crippen molar-refractivity contribution in [3.8, 4) is 0 Å². The van der Waals surface area contributed by atoms with Crippen molar-refractivity contribution >= 4 is 21.6 Å². The van der Waals surface area contributed by atoms with Crippen LogP contribution in [0.15, 0.2) is 41.4 Å². The van der Waals surface area contributed by atoms with Crippen molar-refractivity contribution in [1.82, 2.24) is 9.55 Å². The molecule has 0 atom stereocenters. The molecule has 0 fully saturated rings. The molecule has 1 aromatic carbocycles. The van der Waals surface area contributed by atoms with E-state index < -0.39 is 0 Å². The Bertz CT molecular complexity index is 471. The van der Waals surface area contributed by atoms with Crippen LogP contribution >= 0.6 is 15.9 Å². The van der Waals surface area contributed by atoms with Gasteiger partial charge in [0.15, 0.2) is 0 Å². The Morgan fingerprint density at radius 1 is 1.41 bits per heavy atom. The summed E-state index contributed by atoms with van der Waals surface area (Å²) in [6, 6.07) is 5.01. The predicted molar refractivity (Wildman–Crippen MR) is 69.4 cm³/mol. The number of nitrogens with one attached hydrogen (secondary N) is 1. The zero-order valence-electron chi connectivity index (χ0n) is 9.24. The Morgan fingerprint density at radius 2 is 2.29 bits per heavy atom. The molecule has 1 aromatic heterocycles. The fourth-order valence-corrected chi connectivity index (χ4v) is 1.87. The van der Waals surface area contributed by atoms with Gasteiger partial charge in [-0.2, -0.15) is 0 Å². The number of hydrogen-bond donors (Lipinski definition) is 1. The molecule has 0 bridgehead atoms. The zero-order valence-corrected chi connectivity index (χ0v) is 10.8. The Balaban J connectivity index is 1.78. The van der Waals surface area contributed by atoms with Crippen LogP contribution in [0.3, 0.4) is 0 Å². The number of hydrogen-bond acceptors (Lipinski definition) is 2. The van der Waals surface area contributed by atoms with Crippen LogP contribution in [0.1, 0.15) is 6.42 Å². The summed E-state index contributed by atoms with van der Waals surface area (Å²) in [4.78, 5) is 3.96. The number of aryl methyl sites for hydroxylation is 1. The molecule has 90 valence electrons. The number of halogens is 2. The van der Waals surface area contributed by atoms with E-state index in [0.29, 0.717) is 5.69 Å². The number of nitrogens with zero attached hydrogens (tertiary/aromatic N) is 2. The van der Waals surface area contributed by atoms with Crippen molar-refractivity contribution in [3.63, 3.8) is 0 Å². The van der Waals surface area contributed by atoms with Crippen molar-refractivity contribution in [2.75, 3.05) is 11.9 Å². The lowest BCUT2D eigenvalue weighted by molar-refractivity contribution is 0.624. The Hall–Kier alpha value is -1.36. The van der Waals surface area contributed by atoms with Crippen LogP contribution in [0.25, 0.3) is 0 Å². The van der Waals surface area contributed by atoms with Crippen LogP contribution < -0.4 is 5.32 Å². The second kappa shape index (κ2) is 5.82. The standard InChI is InChI=1S/C12H13BrFN3/c13-10-2-3-12(11(14)8-10)16-4-1-6-17-7-5-15-9-17/h2-3,5,7-9,16H,1,4,6H2. The summed E-state index contributed by atoms with van der Waals surface area (Å²) in [6.07, 6.45) is 6.37. The molecule has 1 heterocycles. The first-order chi connectivity index (χ1) is 8.25. The van der Waals surface area contributed by atoms with Gasteiger partial charge in [0.05, 0.1) is 12.0 Å². The van der Waals surface area contributed by atoms with E-state index in [9.17, 15) is 4.39 Å². The molecular formula is C12H13BrFN3. The first-order valence-corrected chi connectivity index (χ1v) is 6.19. The Labute approximate surface area is 108 Å². The largest absolute Gasteiger partial charge is 0.383 e. The Kier molecular flexibility index (Phi) is 4.14. The summed E-state index contributed by atoms with van der Waals surface area (Å²) >= 11 is 3.23. The van der Waals surface area contributed by atoms with Crippen molar-refractivity contribution < 1.29 is 4.39 Å². The van der Waals surface area contributed by atoms with Gasteiger partial charge in [-0.05, 0) is 24.6 Å². The third-order valence-corrected chi connectivity index (χ3v) is 2.89. The molecule has 0 spiro atoms. The molecule has 2 aromatic rings. The lowest BCUT2D eigenvalue weighted by atomic mass is 10.3. The molecule has 2 rings (SSSR count). The molecule has 5 heteroatoms. The van der Waals surface area contributed by atoms with E-state index in [1.807, 2.05) is 16.8 Å². The minimum Gasteiger partial charge on any atom is -0.383 e. The van der Waals surface area contributed by atoms with Gasteiger partial charge in [0.25, 0.3) is 0 Å². The van der Waals surface area contributed by atoms with E-state index in [1.165, 1.54) is 6.07 Å². The van der Waals surface area contributed by atoms with Crippen LogP contribution in [0.5, 0.6) is 0 Å². The molecule has 0 aliphatic carbocycles. The van der Waals surface area contributed by atoms with Gasteiger partial charge in [0, 0.05) is 30.0 Å². The normalized spacial score (nSPS) is 10.5. The van der Waals surface area contributed by atoms with Gasteiger partial charge in [-0.15, -0.1) is 0 Å². The second-order valence-electron chi connectivity index (χ2n) is 3.71. The van der Waals surface area contributed by atoms with E-state index in [1.54, 1.807) is 18.6 Å². The van der Waals surface area contributed by atoms with Crippen molar-refractivity contribution in [2.45, 2.75) is 13.0 Å². The molecule has 17 heavy (non-hydrogen) atoms. The van der Waals surface area contributed by atoms with Crippen molar-refractivity contribution in [3.05, 3.63) is 47.2 Å². The SMILES string of the molecule is Fc1cc(Br)ccc1NCCCn1ccnc1. The van der Waals surface area contributed by atoms with Crippen LogP contribution in [-0.2, 0) is 6.54 Å². The number of aromatic nitrogens is 2. The van der Waals surface area contributed by atoms with E-state index in [4.69, 9.17) is 0 Å². The fourth-order valence-electron chi connectivity index (χ4n) is 1.54. The topological polar surface area (TPSA) is 29.9 Å². The maximum Gasteiger partial charge on any atom is 0.147 e. The molecule has 0 saturated carbocycles. The molecule has 1 N–H and O–H groups in total. The first-order valence-electron chi connectivity index (χ1n) is 5.40. The summed E-state index contributed by atoms with van der Waals surface area (Å²) in [5.74, 6) is -0.234. The fraction of sp³-hybridized carbons (Fsp3) is 0.250. The highest BCUT2D eigenvalue weighted by Crippen LogP contribution is 2.19. The maximum atomic E-state index is 13.4. The molecule has 0 unspecified atom stereocenters. The zero-order chi connectivity index (χ0) is 12.1. The average molecular weight is 298 g/mol. The summed E-state index contributed by atoms with van der Waals surface area (Å²) in [5, 5.41) is 3.07. The van der Waals surface area contributed by atoms with Gasteiger partial charge in [0.1, 0.15) is 5.82 Å². The van der Waals surface area contributed by atoms with E-state index in [-0.39, 0.29) is 5.82 Å². The summed E-state index contributed by atoms with van der Waals surface area (Å²) in [6.45, 7) is 1.61. The van der Waals surface area contributed by atoms with Crippen LogP contribution in [-0.4, -0.2) is 16.1 Å². The highest BCUT2D eigenvalue weighted by molar-refractivity contribution is 9.10. The summed E-state index contributed by atoms with van der Waals surface area (Å²) in [7, 11) is 0. The highest BCUT2D eigenvalue weighted by Gasteiger charge is 2.01. The van der Waals surface area contributed by atoms with Crippen LogP contribution in [0.2, 0.25) is 0 Å².